The van der Waals surface area contributed by atoms with Gasteiger partial charge in [-0.1, -0.05) is 48.0 Å². The lowest BCUT2D eigenvalue weighted by atomic mass is 10.0. The van der Waals surface area contributed by atoms with Crippen LogP contribution in [0.2, 0.25) is 5.02 Å². The molecule has 2 saturated heterocycles. The first-order chi connectivity index (χ1) is 15.0. The molecule has 2 aliphatic rings. The number of nitrogens with two attached hydrogens (primary N) is 1. The summed E-state index contributed by atoms with van der Waals surface area (Å²) < 4.78 is 0. The van der Waals surface area contributed by atoms with Crippen LogP contribution in [0.25, 0.3) is 6.08 Å². The molecule has 1 atom stereocenters. The van der Waals surface area contributed by atoms with Crippen molar-refractivity contribution in [1.29, 1.82) is 0 Å². The first-order valence-electron chi connectivity index (χ1n) is 10.3. The summed E-state index contributed by atoms with van der Waals surface area (Å²) >= 11 is 7.50. The maximum absolute atomic E-state index is 12.0. The number of carbonyl (C=O) groups is 2. The monoisotopic (exact) mass is 456 g/mol. The number of hydrogen-bond donors (Lipinski definition) is 3. The van der Waals surface area contributed by atoms with Gasteiger partial charge in [-0.05, 0) is 47.9 Å². The Morgan fingerprint density at radius 3 is 2.68 bits per heavy atom. The highest BCUT2D eigenvalue weighted by Gasteiger charge is 2.27. The number of hydrogen-bond acceptors (Lipinski definition) is 6. The van der Waals surface area contributed by atoms with Crippen molar-refractivity contribution in [3.05, 3.63) is 69.1 Å². The minimum absolute atomic E-state index is 0.324. The number of carbonyl (C=O) groups excluding carboxylic acids is 2. The molecule has 0 spiro atoms. The van der Waals surface area contributed by atoms with E-state index in [0.717, 1.165) is 61.1 Å². The highest BCUT2D eigenvalue weighted by atomic mass is 35.5. The molecule has 4 N–H and O–H groups in total. The summed E-state index contributed by atoms with van der Waals surface area (Å²) in [5.41, 5.74) is 9.78. The van der Waals surface area contributed by atoms with E-state index in [1.807, 2.05) is 18.2 Å². The first-order valence-corrected chi connectivity index (χ1v) is 11.5. The summed E-state index contributed by atoms with van der Waals surface area (Å²) in [5.74, 6) is -0.361. The molecule has 6 nitrogen and oxygen atoms in total. The summed E-state index contributed by atoms with van der Waals surface area (Å²) in [7, 11) is 0. The van der Waals surface area contributed by atoms with Crippen LogP contribution >= 0.6 is 23.4 Å². The molecule has 2 aliphatic heterocycles. The van der Waals surface area contributed by atoms with Gasteiger partial charge in [0.15, 0.2) is 0 Å². The van der Waals surface area contributed by atoms with E-state index >= 15 is 0 Å². The van der Waals surface area contributed by atoms with Crippen molar-refractivity contribution in [3.63, 3.8) is 0 Å². The van der Waals surface area contributed by atoms with Gasteiger partial charge in [0, 0.05) is 37.8 Å². The smallest absolute Gasteiger partial charge is 0.290 e. The van der Waals surface area contributed by atoms with Crippen LogP contribution in [0.5, 0.6) is 0 Å². The number of anilines is 1. The van der Waals surface area contributed by atoms with Gasteiger partial charge in [-0.25, -0.2) is 0 Å². The lowest BCUT2D eigenvalue weighted by Gasteiger charge is -2.36. The number of nitrogens with zero attached hydrogens (tertiary/aromatic N) is 1. The molecule has 0 aromatic heterocycles. The summed E-state index contributed by atoms with van der Waals surface area (Å²) in [5, 5.41) is 6.25. The Balaban J connectivity index is 1.48. The van der Waals surface area contributed by atoms with E-state index in [1.54, 1.807) is 6.08 Å². The second kappa shape index (κ2) is 9.87. The molecule has 162 valence electrons. The van der Waals surface area contributed by atoms with Gasteiger partial charge in [0.1, 0.15) is 0 Å². The summed E-state index contributed by atoms with van der Waals surface area (Å²) in [6, 6.07) is 14.3. The van der Waals surface area contributed by atoms with Gasteiger partial charge in [-0.15, -0.1) is 0 Å². The number of para-hydroxylation sites is 1. The zero-order chi connectivity index (χ0) is 21.8. The number of thioether (sulfide) groups is 1. The number of nitrogens with one attached hydrogen (secondary N) is 2. The topological polar surface area (TPSA) is 87.5 Å². The molecule has 2 heterocycles. The Hall–Kier alpha value is -2.32. The fourth-order valence-electron chi connectivity index (χ4n) is 3.95. The summed E-state index contributed by atoms with van der Waals surface area (Å²) in [6.45, 7) is 3.05. The Morgan fingerprint density at radius 2 is 1.97 bits per heavy atom. The van der Waals surface area contributed by atoms with Crippen LogP contribution in [0.1, 0.15) is 29.5 Å². The average molecular weight is 457 g/mol. The van der Waals surface area contributed by atoms with Crippen LogP contribution in [-0.2, 0) is 17.9 Å². The maximum atomic E-state index is 12.0. The van der Waals surface area contributed by atoms with E-state index in [2.05, 4.69) is 39.8 Å². The van der Waals surface area contributed by atoms with Gasteiger partial charge in [0.25, 0.3) is 11.1 Å². The van der Waals surface area contributed by atoms with Crippen molar-refractivity contribution in [2.75, 3.05) is 18.0 Å². The van der Waals surface area contributed by atoms with Crippen molar-refractivity contribution in [1.82, 2.24) is 10.6 Å². The van der Waals surface area contributed by atoms with Gasteiger partial charge in [0.05, 0.1) is 15.6 Å². The largest absolute Gasteiger partial charge is 0.368 e. The van der Waals surface area contributed by atoms with Gasteiger partial charge < -0.3 is 16.0 Å². The molecule has 4 rings (SSSR count). The molecule has 0 unspecified atom stereocenters. The minimum atomic E-state index is -0.361. The Morgan fingerprint density at radius 1 is 1.19 bits per heavy atom. The molecule has 2 aromatic carbocycles. The Kier molecular flexibility index (Phi) is 6.97. The van der Waals surface area contributed by atoms with Crippen molar-refractivity contribution in [3.8, 4) is 0 Å². The van der Waals surface area contributed by atoms with E-state index in [-0.39, 0.29) is 11.1 Å². The first kappa shape index (κ1) is 21.9. The molecule has 0 aliphatic carbocycles. The maximum Gasteiger partial charge on any atom is 0.290 e. The lowest BCUT2D eigenvalue weighted by molar-refractivity contribution is -0.115. The molecule has 0 bridgehead atoms. The van der Waals surface area contributed by atoms with E-state index in [9.17, 15) is 9.59 Å². The zero-order valence-electron chi connectivity index (χ0n) is 17.1. The van der Waals surface area contributed by atoms with Gasteiger partial charge in [-0.2, -0.15) is 0 Å². The molecule has 2 fully saturated rings. The lowest BCUT2D eigenvalue weighted by Crippen LogP contribution is -2.45. The normalized spacial score (nSPS) is 20.4. The molecule has 2 aromatic rings. The van der Waals surface area contributed by atoms with Gasteiger partial charge in [-0.3, -0.25) is 14.9 Å². The Bertz CT molecular complexity index is 1010. The number of halogens is 1. The Labute approximate surface area is 191 Å². The van der Waals surface area contributed by atoms with E-state index in [0.29, 0.717) is 22.5 Å². The number of benzene rings is 2. The third-order valence-electron chi connectivity index (χ3n) is 5.54. The second-order valence-electron chi connectivity index (χ2n) is 7.72. The quantitative estimate of drug-likeness (QED) is 0.572. The molecule has 2 amide bonds. The fraction of sp³-hybridized carbons (Fsp3) is 0.304. The van der Waals surface area contributed by atoms with Crippen molar-refractivity contribution >= 4 is 46.3 Å². The third kappa shape index (κ3) is 5.30. The summed E-state index contributed by atoms with van der Waals surface area (Å²) in [4.78, 5) is 26.2. The van der Waals surface area contributed by atoms with E-state index in [1.165, 1.54) is 5.56 Å². The van der Waals surface area contributed by atoms with Gasteiger partial charge >= 0.3 is 0 Å². The van der Waals surface area contributed by atoms with Crippen LogP contribution < -0.4 is 21.3 Å². The number of imide groups is 1. The average Bonchev–Trinajstić information content (AvgIpc) is 3.09. The molecule has 8 heteroatoms. The van der Waals surface area contributed by atoms with Crippen molar-refractivity contribution < 1.29 is 9.59 Å². The highest BCUT2D eigenvalue weighted by molar-refractivity contribution is 8.18. The van der Waals surface area contributed by atoms with Crippen LogP contribution in [0.15, 0.2) is 47.4 Å². The predicted octanol–water partition coefficient (Wildman–Crippen LogP) is 3.88. The highest BCUT2D eigenvalue weighted by Crippen LogP contribution is 2.35. The summed E-state index contributed by atoms with van der Waals surface area (Å²) in [6.07, 6.45) is 3.88. The number of rotatable bonds is 6. The van der Waals surface area contributed by atoms with E-state index in [4.69, 9.17) is 17.3 Å². The second-order valence-corrected chi connectivity index (χ2v) is 9.14. The predicted molar refractivity (Wildman–Crippen MR) is 127 cm³/mol. The fourth-order valence-corrected chi connectivity index (χ4v) is 4.92. The molecule has 0 saturated carbocycles. The minimum Gasteiger partial charge on any atom is -0.368 e. The molecular weight excluding hydrogens is 432 g/mol. The van der Waals surface area contributed by atoms with Gasteiger partial charge in [0.2, 0.25) is 0 Å². The third-order valence-corrected chi connectivity index (χ3v) is 6.65. The van der Waals surface area contributed by atoms with Crippen LogP contribution in [0.3, 0.4) is 0 Å². The molecule has 31 heavy (non-hydrogen) atoms. The van der Waals surface area contributed by atoms with Crippen LogP contribution in [0, 0.1) is 0 Å². The zero-order valence-corrected chi connectivity index (χ0v) is 18.6. The molecule has 0 radical (unpaired) electrons. The number of piperidine rings is 1. The van der Waals surface area contributed by atoms with Crippen molar-refractivity contribution in [2.24, 2.45) is 5.73 Å². The van der Waals surface area contributed by atoms with Crippen LogP contribution in [-0.4, -0.2) is 30.3 Å². The number of amides is 2. The molecular formula is C23H25ClN4O2S. The van der Waals surface area contributed by atoms with Crippen molar-refractivity contribution in [2.45, 2.75) is 32.0 Å². The SMILES string of the molecule is NCc1ccc(CN[C@@H]2CCCN(c3c(Cl)cccc3/C=C3\SC(=O)NC3=O)C2)cc1. The standard InChI is InChI=1S/C23H25ClN4O2S/c24-19-5-1-3-17(11-20-22(29)27-23(30)31-20)21(19)28-10-2-4-18(14-28)26-13-16-8-6-15(12-25)7-9-16/h1,3,5-9,11,18,26H,2,4,10,12-14,25H2,(H,27,29,30)/b20-11-/t18-/m1/s1. The van der Waals surface area contributed by atoms with Crippen LogP contribution in [0.4, 0.5) is 10.5 Å². The van der Waals surface area contributed by atoms with E-state index < -0.39 is 0 Å².